The lowest BCUT2D eigenvalue weighted by atomic mass is 9.97. The maximum absolute atomic E-state index is 10.6. The fourth-order valence-corrected chi connectivity index (χ4v) is 1.50. The molecule has 1 aromatic rings. The van der Waals surface area contributed by atoms with Crippen molar-refractivity contribution in [3.63, 3.8) is 0 Å². The van der Waals surface area contributed by atoms with Crippen LogP contribution in [0.25, 0.3) is 0 Å². The van der Waals surface area contributed by atoms with Crippen molar-refractivity contribution in [1.29, 1.82) is 0 Å². The molecule has 0 aliphatic carbocycles. The summed E-state index contributed by atoms with van der Waals surface area (Å²) in [5.74, 6) is 0.258. The van der Waals surface area contributed by atoms with Crippen molar-refractivity contribution in [3.8, 4) is 0 Å². The summed E-state index contributed by atoms with van der Waals surface area (Å²) in [6, 6.07) is 8.22. The number of aliphatic hydroxyl groups excluding tert-OH is 1. The molecular formula is C13H18O2. The minimum Gasteiger partial charge on any atom is -0.396 e. The summed E-state index contributed by atoms with van der Waals surface area (Å²) in [6.07, 6.45) is 1.44. The van der Waals surface area contributed by atoms with Gasteiger partial charge >= 0.3 is 0 Å². The predicted molar refractivity (Wildman–Crippen MR) is 60.9 cm³/mol. The van der Waals surface area contributed by atoms with E-state index in [-0.39, 0.29) is 12.5 Å². The van der Waals surface area contributed by atoms with Gasteiger partial charge in [0.2, 0.25) is 0 Å². The van der Waals surface area contributed by atoms with Gasteiger partial charge in [-0.3, -0.25) is 0 Å². The second kappa shape index (κ2) is 5.66. The van der Waals surface area contributed by atoms with Gasteiger partial charge in [0.15, 0.2) is 0 Å². The number of hydrogen-bond donors (Lipinski definition) is 1. The van der Waals surface area contributed by atoms with Gasteiger partial charge in [0.05, 0.1) is 6.61 Å². The summed E-state index contributed by atoms with van der Waals surface area (Å²) in [5.41, 5.74) is 2.40. The Kier molecular flexibility index (Phi) is 4.50. The van der Waals surface area contributed by atoms with Crippen LogP contribution < -0.4 is 0 Å². The molecule has 1 aromatic carbocycles. The van der Waals surface area contributed by atoms with Crippen LogP contribution in [0.2, 0.25) is 0 Å². The third-order valence-corrected chi connectivity index (χ3v) is 2.57. The molecule has 1 rings (SSSR count). The van der Waals surface area contributed by atoms with Crippen LogP contribution in [0, 0.1) is 5.92 Å². The van der Waals surface area contributed by atoms with E-state index >= 15 is 0 Å². The Morgan fingerprint density at radius 2 is 1.87 bits per heavy atom. The molecule has 1 atom stereocenters. The van der Waals surface area contributed by atoms with Crippen molar-refractivity contribution in [2.24, 2.45) is 5.92 Å². The van der Waals surface area contributed by atoms with Gasteiger partial charge in [-0.15, -0.1) is 0 Å². The first-order valence-electron chi connectivity index (χ1n) is 5.32. The lowest BCUT2D eigenvalue weighted by Crippen LogP contribution is -2.10. The average molecular weight is 206 g/mol. The van der Waals surface area contributed by atoms with Gasteiger partial charge in [-0.25, -0.2) is 0 Å². The van der Waals surface area contributed by atoms with Crippen LogP contribution in [0.1, 0.15) is 30.9 Å². The molecule has 0 radical (unpaired) electrons. The third kappa shape index (κ3) is 3.48. The maximum Gasteiger partial charge on any atom is 0.125 e. The number of carbonyl (C=O) groups is 1. The molecule has 0 saturated carbocycles. The summed E-state index contributed by atoms with van der Waals surface area (Å²) in [7, 11) is 0. The van der Waals surface area contributed by atoms with E-state index in [1.165, 1.54) is 5.56 Å². The molecule has 0 aromatic heterocycles. The zero-order valence-corrected chi connectivity index (χ0v) is 9.31. The zero-order chi connectivity index (χ0) is 11.3. The van der Waals surface area contributed by atoms with Gasteiger partial charge in [-0.1, -0.05) is 38.1 Å². The van der Waals surface area contributed by atoms with Crippen LogP contribution in [0.3, 0.4) is 0 Å². The molecule has 82 valence electrons. The van der Waals surface area contributed by atoms with Gasteiger partial charge in [0.25, 0.3) is 0 Å². The van der Waals surface area contributed by atoms with Gasteiger partial charge in [-0.2, -0.15) is 0 Å². The Labute approximate surface area is 90.9 Å². The number of benzene rings is 1. The Morgan fingerprint density at radius 3 is 2.27 bits per heavy atom. The zero-order valence-electron chi connectivity index (χ0n) is 9.31. The highest BCUT2D eigenvalue weighted by Gasteiger charge is 2.07. The normalized spacial score (nSPS) is 12.8. The molecule has 0 fully saturated rings. The second-order valence-corrected chi connectivity index (χ2v) is 4.18. The van der Waals surface area contributed by atoms with E-state index < -0.39 is 0 Å². The van der Waals surface area contributed by atoms with Gasteiger partial charge < -0.3 is 9.90 Å². The van der Waals surface area contributed by atoms with Crippen molar-refractivity contribution < 1.29 is 9.90 Å². The largest absolute Gasteiger partial charge is 0.396 e. The van der Waals surface area contributed by atoms with E-state index in [9.17, 15) is 4.79 Å². The molecular weight excluding hydrogens is 188 g/mol. The minimum atomic E-state index is -0.269. The van der Waals surface area contributed by atoms with Crippen molar-refractivity contribution in [3.05, 3.63) is 35.4 Å². The maximum atomic E-state index is 10.6. The van der Waals surface area contributed by atoms with Crippen molar-refractivity contribution in [1.82, 2.24) is 0 Å². The molecule has 2 nitrogen and oxygen atoms in total. The molecule has 1 N–H and O–H groups in total. The predicted octanol–water partition coefficient (Wildman–Crippen LogP) is 2.16. The van der Waals surface area contributed by atoms with Gasteiger partial charge in [0, 0.05) is 5.92 Å². The molecule has 1 unspecified atom stereocenters. The molecule has 0 bridgehead atoms. The molecule has 15 heavy (non-hydrogen) atoms. The molecule has 0 spiro atoms. The van der Waals surface area contributed by atoms with Gasteiger partial charge in [0.1, 0.15) is 6.29 Å². The molecule has 2 heteroatoms. The number of aldehydes is 1. The summed E-state index contributed by atoms with van der Waals surface area (Å²) < 4.78 is 0. The average Bonchev–Trinajstić information content (AvgIpc) is 2.26. The SMILES string of the molecule is CC(C)c1ccc(CC(C=O)CO)cc1. The Balaban J connectivity index is 2.67. The van der Waals surface area contributed by atoms with E-state index in [1.807, 2.05) is 12.1 Å². The van der Waals surface area contributed by atoms with E-state index in [0.29, 0.717) is 12.3 Å². The summed E-state index contributed by atoms with van der Waals surface area (Å²) >= 11 is 0. The van der Waals surface area contributed by atoms with Crippen LogP contribution >= 0.6 is 0 Å². The standard InChI is InChI=1S/C13H18O2/c1-10(2)13-5-3-11(4-6-13)7-12(8-14)9-15/h3-6,8,10,12,15H,7,9H2,1-2H3. The quantitative estimate of drug-likeness (QED) is 0.750. The fourth-order valence-electron chi connectivity index (χ4n) is 1.50. The van der Waals surface area contributed by atoms with E-state index in [0.717, 1.165) is 11.8 Å². The minimum absolute atomic E-state index is 0.0740. The van der Waals surface area contributed by atoms with Crippen LogP contribution in [-0.2, 0) is 11.2 Å². The first-order chi connectivity index (χ1) is 7.17. The Bertz CT molecular complexity index is 301. The highest BCUT2D eigenvalue weighted by molar-refractivity contribution is 5.54. The summed E-state index contributed by atoms with van der Waals surface area (Å²) in [6.45, 7) is 4.23. The van der Waals surface area contributed by atoms with Crippen LogP contribution in [0.5, 0.6) is 0 Å². The monoisotopic (exact) mass is 206 g/mol. The smallest absolute Gasteiger partial charge is 0.125 e. The Hall–Kier alpha value is -1.15. The lowest BCUT2D eigenvalue weighted by molar-refractivity contribution is -0.112. The van der Waals surface area contributed by atoms with Crippen LogP contribution in [0.4, 0.5) is 0 Å². The van der Waals surface area contributed by atoms with Crippen LogP contribution in [0.15, 0.2) is 24.3 Å². The van der Waals surface area contributed by atoms with E-state index in [2.05, 4.69) is 26.0 Å². The van der Waals surface area contributed by atoms with E-state index in [4.69, 9.17) is 5.11 Å². The highest BCUT2D eigenvalue weighted by atomic mass is 16.3. The fraction of sp³-hybridized carbons (Fsp3) is 0.462. The lowest BCUT2D eigenvalue weighted by Gasteiger charge is -2.09. The highest BCUT2D eigenvalue weighted by Crippen LogP contribution is 2.16. The van der Waals surface area contributed by atoms with Gasteiger partial charge in [-0.05, 0) is 23.5 Å². The number of carbonyl (C=O) groups excluding carboxylic acids is 1. The Morgan fingerprint density at radius 1 is 1.27 bits per heavy atom. The van der Waals surface area contributed by atoms with Crippen molar-refractivity contribution >= 4 is 6.29 Å². The number of rotatable bonds is 5. The molecule has 0 saturated heterocycles. The summed E-state index contributed by atoms with van der Waals surface area (Å²) in [4.78, 5) is 10.6. The third-order valence-electron chi connectivity index (χ3n) is 2.57. The first-order valence-corrected chi connectivity index (χ1v) is 5.32. The molecule has 0 aliphatic rings. The molecule has 0 amide bonds. The van der Waals surface area contributed by atoms with Crippen molar-refractivity contribution in [2.75, 3.05) is 6.61 Å². The first kappa shape index (κ1) is 11.9. The number of aliphatic hydroxyl groups is 1. The number of hydrogen-bond acceptors (Lipinski definition) is 2. The van der Waals surface area contributed by atoms with E-state index in [1.54, 1.807) is 0 Å². The topological polar surface area (TPSA) is 37.3 Å². The van der Waals surface area contributed by atoms with Crippen molar-refractivity contribution in [2.45, 2.75) is 26.2 Å². The second-order valence-electron chi connectivity index (χ2n) is 4.18. The molecule has 0 heterocycles. The molecule has 0 aliphatic heterocycles. The summed E-state index contributed by atoms with van der Waals surface area (Å²) in [5, 5.41) is 8.90. The van der Waals surface area contributed by atoms with Crippen LogP contribution in [-0.4, -0.2) is 18.0 Å².